The van der Waals surface area contributed by atoms with Gasteiger partial charge in [0, 0.05) is 28.9 Å². The van der Waals surface area contributed by atoms with Crippen molar-refractivity contribution < 1.29 is 4.79 Å². The van der Waals surface area contributed by atoms with Crippen molar-refractivity contribution >= 4 is 29.0 Å². The minimum atomic E-state index is -1.06. The molecule has 0 radical (unpaired) electrons. The van der Waals surface area contributed by atoms with Crippen LogP contribution in [0.25, 0.3) is 0 Å². The Labute approximate surface area is 120 Å². The minimum Gasteiger partial charge on any atom is -0.340 e. The van der Waals surface area contributed by atoms with Gasteiger partial charge < -0.3 is 4.57 Å². The standard InChI is InChI=1S/C13H9Cl2N3O/c1-18-6-11(17-7-18)13(19)8(5-16)12-9(14)3-2-4-10(12)15/h2-4,6-8H,1H3. The van der Waals surface area contributed by atoms with Crippen molar-refractivity contribution in [2.45, 2.75) is 5.92 Å². The molecule has 0 fully saturated rings. The molecule has 0 aliphatic rings. The number of hydrogen-bond donors (Lipinski definition) is 0. The van der Waals surface area contributed by atoms with Crippen molar-refractivity contribution in [1.29, 1.82) is 5.26 Å². The lowest BCUT2D eigenvalue weighted by Crippen LogP contribution is -2.12. The molecule has 0 bridgehead atoms. The molecule has 1 unspecified atom stereocenters. The summed E-state index contributed by atoms with van der Waals surface area (Å²) in [5.74, 6) is -1.48. The molecule has 4 nitrogen and oxygen atoms in total. The number of carbonyl (C=O) groups excluding carboxylic acids is 1. The average Bonchev–Trinajstić information content (AvgIpc) is 2.80. The second-order valence-electron chi connectivity index (χ2n) is 3.99. The van der Waals surface area contributed by atoms with Gasteiger partial charge in [0.25, 0.3) is 0 Å². The quantitative estimate of drug-likeness (QED) is 0.817. The summed E-state index contributed by atoms with van der Waals surface area (Å²) in [7, 11) is 1.74. The highest BCUT2D eigenvalue weighted by atomic mass is 35.5. The Hall–Kier alpha value is -1.83. The summed E-state index contributed by atoms with van der Waals surface area (Å²) in [6, 6.07) is 6.79. The summed E-state index contributed by atoms with van der Waals surface area (Å²) in [6.45, 7) is 0. The number of ketones is 1. The zero-order valence-electron chi connectivity index (χ0n) is 9.97. The Morgan fingerprint density at radius 1 is 1.42 bits per heavy atom. The van der Waals surface area contributed by atoms with Gasteiger partial charge in [-0.2, -0.15) is 5.26 Å². The minimum absolute atomic E-state index is 0.213. The highest BCUT2D eigenvalue weighted by Crippen LogP contribution is 2.32. The molecule has 0 saturated carbocycles. The molecule has 0 N–H and O–H groups in total. The van der Waals surface area contributed by atoms with Crippen LogP contribution < -0.4 is 0 Å². The van der Waals surface area contributed by atoms with Crippen LogP contribution in [0.5, 0.6) is 0 Å². The lowest BCUT2D eigenvalue weighted by molar-refractivity contribution is 0.0974. The van der Waals surface area contributed by atoms with Crippen molar-refractivity contribution in [1.82, 2.24) is 9.55 Å². The van der Waals surface area contributed by atoms with Crippen molar-refractivity contribution in [2.75, 3.05) is 0 Å². The molecule has 96 valence electrons. The van der Waals surface area contributed by atoms with E-state index in [-0.39, 0.29) is 5.69 Å². The van der Waals surface area contributed by atoms with Gasteiger partial charge >= 0.3 is 0 Å². The summed E-state index contributed by atoms with van der Waals surface area (Å²) in [4.78, 5) is 16.2. The number of halogens is 2. The number of aryl methyl sites for hydroxylation is 1. The molecular weight excluding hydrogens is 285 g/mol. The Bertz CT molecular complexity index is 653. The Morgan fingerprint density at radius 2 is 2.05 bits per heavy atom. The van der Waals surface area contributed by atoms with E-state index >= 15 is 0 Å². The molecule has 19 heavy (non-hydrogen) atoms. The van der Waals surface area contributed by atoms with E-state index in [1.165, 1.54) is 6.33 Å². The molecule has 0 saturated heterocycles. The average molecular weight is 294 g/mol. The molecule has 0 aliphatic carbocycles. The SMILES string of the molecule is Cn1cnc(C(=O)C(C#N)c2c(Cl)cccc2Cl)c1. The number of nitrogens with zero attached hydrogens (tertiary/aromatic N) is 3. The number of nitriles is 1. The number of imidazole rings is 1. The van der Waals surface area contributed by atoms with Gasteiger partial charge in [0.2, 0.25) is 5.78 Å². The maximum absolute atomic E-state index is 12.3. The normalized spacial score (nSPS) is 11.9. The number of hydrogen-bond acceptors (Lipinski definition) is 3. The van der Waals surface area contributed by atoms with E-state index in [4.69, 9.17) is 23.2 Å². The lowest BCUT2D eigenvalue weighted by atomic mass is 9.94. The number of rotatable bonds is 3. The summed E-state index contributed by atoms with van der Waals surface area (Å²) in [5, 5.41) is 9.83. The van der Waals surface area contributed by atoms with Gasteiger partial charge in [0.15, 0.2) is 0 Å². The molecule has 0 spiro atoms. The molecule has 1 aromatic carbocycles. The van der Waals surface area contributed by atoms with E-state index in [9.17, 15) is 10.1 Å². The topological polar surface area (TPSA) is 58.7 Å². The van der Waals surface area contributed by atoms with Crippen LogP contribution in [0, 0.1) is 11.3 Å². The summed E-state index contributed by atoms with van der Waals surface area (Å²) in [5.41, 5.74) is 0.536. The van der Waals surface area contributed by atoms with Crippen LogP contribution in [0.2, 0.25) is 10.0 Å². The smallest absolute Gasteiger partial charge is 0.204 e. The zero-order valence-corrected chi connectivity index (χ0v) is 11.5. The number of Topliss-reactive ketones (excluding diaryl/α,β-unsaturated/α-hetero) is 1. The molecule has 0 amide bonds. The van der Waals surface area contributed by atoms with Crippen molar-refractivity contribution in [3.63, 3.8) is 0 Å². The van der Waals surface area contributed by atoms with Gasteiger partial charge in [-0.1, -0.05) is 29.3 Å². The number of aromatic nitrogens is 2. The van der Waals surface area contributed by atoms with E-state index < -0.39 is 11.7 Å². The van der Waals surface area contributed by atoms with Gasteiger partial charge in [0.1, 0.15) is 11.6 Å². The molecule has 1 aromatic heterocycles. The second kappa shape index (κ2) is 5.43. The molecule has 2 aromatic rings. The van der Waals surface area contributed by atoms with Gasteiger partial charge in [-0.15, -0.1) is 0 Å². The monoisotopic (exact) mass is 293 g/mol. The molecule has 6 heteroatoms. The first-order valence-corrected chi connectivity index (χ1v) is 6.16. The summed E-state index contributed by atoms with van der Waals surface area (Å²) >= 11 is 12.1. The van der Waals surface area contributed by atoms with E-state index in [0.29, 0.717) is 15.6 Å². The van der Waals surface area contributed by atoms with Gasteiger partial charge in [-0.05, 0) is 12.1 Å². The van der Waals surface area contributed by atoms with Crippen molar-refractivity contribution in [3.8, 4) is 6.07 Å². The second-order valence-corrected chi connectivity index (χ2v) is 4.80. The lowest BCUT2D eigenvalue weighted by Gasteiger charge is -2.10. The highest BCUT2D eigenvalue weighted by molar-refractivity contribution is 6.36. The fraction of sp³-hybridized carbons (Fsp3) is 0.154. The molecule has 0 aliphatic heterocycles. The Kier molecular flexibility index (Phi) is 3.89. The van der Waals surface area contributed by atoms with Crippen LogP contribution in [0.4, 0.5) is 0 Å². The third kappa shape index (κ3) is 2.62. The summed E-state index contributed by atoms with van der Waals surface area (Å²) in [6.07, 6.45) is 3.05. The fourth-order valence-corrected chi connectivity index (χ4v) is 2.34. The Morgan fingerprint density at radius 3 is 2.53 bits per heavy atom. The number of carbonyl (C=O) groups is 1. The fourth-order valence-electron chi connectivity index (χ4n) is 1.73. The molecule has 1 atom stereocenters. The third-order valence-electron chi connectivity index (χ3n) is 2.64. The van der Waals surface area contributed by atoms with E-state index in [2.05, 4.69) is 4.98 Å². The largest absolute Gasteiger partial charge is 0.340 e. The van der Waals surface area contributed by atoms with E-state index in [0.717, 1.165) is 0 Å². The summed E-state index contributed by atoms with van der Waals surface area (Å²) < 4.78 is 1.63. The van der Waals surface area contributed by atoms with Gasteiger partial charge in [-0.3, -0.25) is 4.79 Å². The molecule has 1 heterocycles. The first-order chi connectivity index (χ1) is 9.04. The van der Waals surface area contributed by atoms with Crippen LogP contribution in [0.3, 0.4) is 0 Å². The molecule has 2 rings (SSSR count). The van der Waals surface area contributed by atoms with Gasteiger partial charge in [-0.25, -0.2) is 4.98 Å². The van der Waals surface area contributed by atoms with Crippen LogP contribution >= 0.6 is 23.2 Å². The predicted octanol–water partition coefficient (Wildman–Crippen LogP) is 3.22. The van der Waals surface area contributed by atoms with Crippen LogP contribution in [0.15, 0.2) is 30.7 Å². The van der Waals surface area contributed by atoms with E-state index in [1.54, 1.807) is 36.0 Å². The van der Waals surface area contributed by atoms with Crippen molar-refractivity contribution in [3.05, 3.63) is 52.0 Å². The van der Waals surface area contributed by atoms with Crippen LogP contribution in [-0.4, -0.2) is 15.3 Å². The first kappa shape index (κ1) is 13.6. The maximum Gasteiger partial charge on any atom is 0.204 e. The zero-order chi connectivity index (χ0) is 14.0. The van der Waals surface area contributed by atoms with Gasteiger partial charge in [0.05, 0.1) is 12.4 Å². The third-order valence-corrected chi connectivity index (χ3v) is 3.30. The highest BCUT2D eigenvalue weighted by Gasteiger charge is 2.27. The maximum atomic E-state index is 12.3. The van der Waals surface area contributed by atoms with Crippen LogP contribution in [-0.2, 0) is 7.05 Å². The predicted molar refractivity (Wildman–Crippen MR) is 72.4 cm³/mol. The first-order valence-electron chi connectivity index (χ1n) is 5.40. The van der Waals surface area contributed by atoms with Crippen LogP contribution in [0.1, 0.15) is 22.0 Å². The Balaban J connectivity index is 2.47. The molecular formula is C13H9Cl2N3O. The van der Waals surface area contributed by atoms with Crippen molar-refractivity contribution in [2.24, 2.45) is 7.05 Å². The van der Waals surface area contributed by atoms with E-state index in [1.807, 2.05) is 6.07 Å². The number of benzene rings is 1.